The fourth-order valence-electron chi connectivity index (χ4n) is 2.69. The molecule has 4 rings (SSSR count). The molecule has 0 bridgehead atoms. The zero-order chi connectivity index (χ0) is 14.2. The molecule has 3 aromatic rings. The smallest absolute Gasteiger partial charge is 0.236 e. The van der Waals surface area contributed by atoms with Crippen molar-refractivity contribution in [3.05, 3.63) is 59.7 Å². The first-order valence-electron chi connectivity index (χ1n) is 6.90. The van der Waals surface area contributed by atoms with E-state index in [2.05, 4.69) is 32.6 Å². The largest absolute Gasteiger partial charge is 0.384 e. The zero-order valence-corrected chi connectivity index (χ0v) is 11.6. The van der Waals surface area contributed by atoms with Gasteiger partial charge in [-0.1, -0.05) is 23.4 Å². The fraction of sp³-hybridized carbons (Fsp3) is 0.188. The van der Waals surface area contributed by atoms with Crippen LogP contribution < -0.4 is 5.32 Å². The van der Waals surface area contributed by atoms with Gasteiger partial charge in [-0.05, 0) is 30.2 Å². The van der Waals surface area contributed by atoms with Crippen molar-refractivity contribution in [2.24, 2.45) is 0 Å². The van der Waals surface area contributed by atoms with Crippen LogP contribution in [0.25, 0.3) is 11.4 Å². The number of nitrogens with one attached hydrogen (secondary N) is 1. The Morgan fingerprint density at radius 2 is 2.14 bits per heavy atom. The minimum atomic E-state index is 0.111. The SMILES string of the molecule is Cc1ccncc1-c1noc(C2CNc3ccccc32)n1. The number of aromatic nitrogens is 3. The van der Waals surface area contributed by atoms with Gasteiger partial charge >= 0.3 is 0 Å². The lowest BCUT2D eigenvalue weighted by Crippen LogP contribution is -2.04. The van der Waals surface area contributed by atoms with Crippen LogP contribution in [0.5, 0.6) is 0 Å². The summed E-state index contributed by atoms with van der Waals surface area (Å²) >= 11 is 0. The van der Waals surface area contributed by atoms with Crippen molar-refractivity contribution in [2.75, 3.05) is 11.9 Å². The van der Waals surface area contributed by atoms with Crippen LogP contribution in [0, 0.1) is 6.92 Å². The van der Waals surface area contributed by atoms with Crippen molar-refractivity contribution in [1.29, 1.82) is 0 Å². The number of hydrogen-bond acceptors (Lipinski definition) is 5. The summed E-state index contributed by atoms with van der Waals surface area (Å²) in [6, 6.07) is 10.2. The van der Waals surface area contributed by atoms with E-state index in [0.717, 1.165) is 23.4 Å². The van der Waals surface area contributed by atoms with Crippen molar-refractivity contribution in [3.63, 3.8) is 0 Å². The summed E-state index contributed by atoms with van der Waals surface area (Å²) < 4.78 is 5.49. The van der Waals surface area contributed by atoms with Gasteiger partial charge in [0.2, 0.25) is 11.7 Å². The number of rotatable bonds is 2. The molecule has 1 N–H and O–H groups in total. The highest BCUT2D eigenvalue weighted by Gasteiger charge is 2.28. The number of fused-ring (bicyclic) bond motifs is 1. The zero-order valence-electron chi connectivity index (χ0n) is 11.6. The summed E-state index contributed by atoms with van der Waals surface area (Å²) in [6.07, 6.45) is 3.53. The van der Waals surface area contributed by atoms with E-state index < -0.39 is 0 Å². The second-order valence-electron chi connectivity index (χ2n) is 5.17. The van der Waals surface area contributed by atoms with Crippen LogP contribution in [0.15, 0.2) is 47.2 Å². The summed E-state index contributed by atoms with van der Waals surface area (Å²) in [5, 5.41) is 7.48. The molecule has 0 aliphatic carbocycles. The Morgan fingerprint density at radius 3 is 3.05 bits per heavy atom. The predicted molar refractivity (Wildman–Crippen MR) is 79.0 cm³/mol. The standard InChI is InChI=1S/C16H14N4O/c1-10-6-7-17-8-12(10)15-19-16(21-20-15)13-9-18-14-5-3-2-4-11(13)14/h2-8,13,18H,9H2,1H3. The van der Waals surface area contributed by atoms with Crippen molar-refractivity contribution < 1.29 is 4.52 Å². The number of benzene rings is 1. The van der Waals surface area contributed by atoms with E-state index in [4.69, 9.17) is 4.52 Å². The molecule has 0 saturated carbocycles. The van der Waals surface area contributed by atoms with E-state index >= 15 is 0 Å². The van der Waals surface area contributed by atoms with E-state index in [9.17, 15) is 0 Å². The maximum atomic E-state index is 5.49. The molecule has 2 aromatic heterocycles. The molecule has 1 aliphatic heterocycles. The molecule has 5 heteroatoms. The third-order valence-electron chi connectivity index (χ3n) is 3.85. The van der Waals surface area contributed by atoms with Gasteiger partial charge in [-0.3, -0.25) is 4.98 Å². The second kappa shape index (κ2) is 4.70. The molecule has 1 atom stereocenters. The Balaban J connectivity index is 1.72. The first kappa shape index (κ1) is 12.1. The average Bonchev–Trinajstić information content (AvgIpc) is 3.14. The monoisotopic (exact) mass is 278 g/mol. The summed E-state index contributed by atoms with van der Waals surface area (Å²) in [5.74, 6) is 1.35. The highest BCUT2D eigenvalue weighted by Crippen LogP contribution is 2.35. The van der Waals surface area contributed by atoms with Crippen molar-refractivity contribution in [2.45, 2.75) is 12.8 Å². The third-order valence-corrected chi connectivity index (χ3v) is 3.85. The minimum absolute atomic E-state index is 0.111. The topological polar surface area (TPSA) is 63.8 Å². The maximum absolute atomic E-state index is 5.49. The van der Waals surface area contributed by atoms with Crippen LogP contribution in [-0.2, 0) is 0 Å². The van der Waals surface area contributed by atoms with Gasteiger partial charge in [0.1, 0.15) is 0 Å². The molecule has 0 radical (unpaired) electrons. The number of para-hydroxylation sites is 1. The van der Waals surface area contributed by atoms with Gasteiger partial charge in [-0.15, -0.1) is 0 Å². The van der Waals surface area contributed by atoms with Gasteiger partial charge in [0.05, 0.1) is 5.92 Å². The Kier molecular flexibility index (Phi) is 2.70. The van der Waals surface area contributed by atoms with Crippen molar-refractivity contribution in [3.8, 4) is 11.4 Å². The lowest BCUT2D eigenvalue weighted by molar-refractivity contribution is 0.371. The first-order chi connectivity index (χ1) is 10.3. The van der Waals surface area contributed by atoms with Gasteiger partial charge in [-0.25, -0.2) is 0 Å². The Labute approximate surface area is 122 Å². The molecular formula is C16H14N4O. The molecule has 0 saturated heterocycles. The highest BCUT2D eigenvalue weighted by molar-refractivity contribution is 5.60. The highest BCUT2D eigenvalue weighted by atomic mass is 16.5. The van der Waals surface area contributed by atoms with Crippen LogP contribution in [-0.4, -0.2) is 21.7 Å². The van der Waals surface area contributed by atoms with Gasteiger partial charge in [-0.2, -0.15) is 4.98 Å². The number of aryl methyl sites for hydroxylation is 1. The lowest BCUT2D eigenvalue weighted by atomic mass is 10.0. The molecule has 21 heavy (non-hydrogen) atoms. The van der Waals surface area contributed by atoms with E-state index in [-0.39, 0.29) is 5.92 Å². The van der Waals surface area contributed by atoms with E-state index in [1.807, 2.05) is 25.1 Å². The number of nitrogens with zero attached hydrogens (tertiary/aromatic N) is 3. The van der Waals surface area contributed by atoms with Gasteiger partial charge in [0.25, 0.3) is 0 Å². The molecule has 104 valence electrons. The number of anilines is 1. The Morgan fingerprint density at radius 1 is 1.24 bits per heavy atom. The van der Waals surface area contributed by atoms with Crippen LogP contribution >= 0.6 is 0 Å². The van der Waals surface area contributed by atoms with Gasteiger partial charge < -0.3 is 9.84 Å². The number of hydrogen-bond donors (Lipinski definition) is 1. The fourth-order valence-corrected chi connectivity index (χ4v) is 2.69. The normalized spacial score (nSPS) is 16.5. The molecule has 1 aliphatic rings. The van der Waals surface area contributed by atoms with Gasteiger partial charge in [0, 0.05) is 30.2 Å². The van der Waals surface area contributed by atoms with Gasteiger partial charge in [0.15, 0.2) is 0 Å². The van der Waals surface area contributed by atoms with Crippen LogP contribution in [0.1, 0.15) is 22.9 Å². The number of pyridine rings is 1. The Hall–Kier alpha value is -2.69. The predicted octanol–water partition coefficient (Wildman–Crippen LogP) is 3.00. The third kappa shape index (κ3) is 1.98. The molecule has 5 nitrogen and oxygen atoms in total. The molecular weight excluding hydrogens is 264 g/mol. The van der Waals surface area contributed by atoms with E-state index in [1.54, 1.807) is 12.4 Å². The molecule has 1 unspecified atom stereocenters. The summed E-state index contributed by atoms with van der Waals surface area (Å²) in [5.41, 5.74) is 4.34. The van der Waals surface area contributed by atoms with Crippen molar-refractivity contribution >= 4 is 5.69 Å². The summed E-state index contributed by atoms with van der Waals surface area (Å²) in [6.45, 7) is 2.80. The van der Waals surface area contributed by atoms with Crippen LogP contribution in [0.4, 0.5) is 5.69 Å². The summed E-state index contributed by atoms with van der Waals surface area (Å²) in [4.78, 5) is 8.70. The molecule has 0 fully saturated rings. The summed E-state index contributed by atoms with van der Waals surface area (Å²) in [7, 11) is 0. The lowest BCUT2D eigenvalue weighted by Gasteiger charge is -2.03. The maximum Gasteiger partial charge on any atom is 0.236 e. The van der Waals surface area contributed by atoms with Crippen LogP contribution in [0.2, 0.25) is 0 Å². The molecule has 1 aromatic carbocycles. The van der Waals surface area contributed by atoms with Crippen molar-refractivity contribution in [1.82, 2.24) is 15.1 Å². The van der Waals surface area contributed by atoms with E-state index in [1.165, 1.54) is 5.56 Å². The average molecular weight is 278 g/mol. The second-order valence-corrected chi connectivity index (χ2v) is 5.17. The Bertz CT molecular complexity index is 796. The van der Waals surface area contributed by atoms with E-state index in [0.29, 0.717) is 11.7 Å². The van der Waals surface area contributed by atoms with Crippen LogP contribution in [0.3, 0.4) is 0 Å². The minimum Gasteiger partial charge on any atom is -0.384 e. The molecule has 0 spiro atoms. The quantitative estimate of drug-likeness (QED) is 0.780. The molecule has 3 heterocycles. The molecule has 0 amide bonds. The first-order valence-corrected chi connectivity index (χ1v) is 6.90.